The van der Waals surface area contributed by atoms with Gasteiger partial charge >= 0.3 is 5.70 Å². The Hall–Kier alpha value is -2.02. The van der Waals surface area contributed by atoms with Crippen LogP contribution in [-0.4, -0.2) is 85.0 Å². The number of rotatable bonds is 7. The normalized spacial score (nSPS) is 23.3. The maximum Gasteiger partial charge on any atom is 0.300 e. The minimum absolute atomic E-state index is 0.254. The molecule has 2 fully saturated rings. The van der Waals surface area contributed by atoms with Crippen LogP contribution in [0.2, 0.25) is 0 Å². The highest BCUT2D eigenvalue weighted by Crippen LogP contribution is 2.23. The van der Waals surface area contributed by atoms with Gasteiger partial charge in [0.25, 0.3) is 0 Å². The SMILES string of the molecule is [C-]#[N+]/C(C#N)=C1\N(CCCN2CCCCC2)CCN1CCN1CC=CCC1. The molecule has 3 heterocycles. The van der Waals surface area contributed by atoms with Crippen LogP contribution in [0.1, 0.15) is 32.1 Å². The summed E-state index contributed by atoms with van der Waals surface area (Å²) < 4.78 is 0. The summed E-state index contributed by atoms with van der Waals surface area (Å²) in [6.45, 7) is 17.8. The van der Waals surface area contributed by atoms with Crippen LogP contribution in [0.4, 0.5) is 0 Å². The molecule has 3 aliphatic heterocycles. The second-order valence-electron chi connectivity index (χ2n) is 7.69. The third-order valence-corrected chi connectivity index (χ3v) is 5.85. The Balaban J connectivity index is 1.55. The monoisotopic (exact) mass is 368 g/mol. The fraction of sp³-hybridized carbons (Fsp3) is 0.714. The number of likely N-dealkylation sites (tertiary alicyclic amines) is 1. The molecule has 0 atom stereocenters. The summed E-state index contributed by atoms with van der Waals surface area (Å²) >= 11 is 0. The van der Waals surface area contributed by atoms with Gasteiger partial charge in [-0.3, -0.25) is 4.90 Å². The van der Waals surface area contributed by atoms with Gasteiger partial charge in [0.05, 0.1) is 12.6 Å². The van der Waals surface area contributed by atoms with Crippen LogP contribution in [0.15, 0.2) is 23.7 Å². The van der Waals surface area contributed by atoms with Gasteiger partial charge in [-0.25, -0.2) is 10.1 Å². The fourth-order valence-electron chi connectivity index (χ4n) is 4.34. The first kappa shape index (κ1) is 19.7. The molecule has 0 aromatic heterocycles. The largest absolute Gasteiger partial charge is 0.365 e. The quantitative estimate of drug-likeness (QED) is 0.392. The van der Waals surface area contributed by atoms with Gasteiger partial charge < -0.3 is 14.7 Å². The van der Waals surface area contributed by atoms with Gasteiger partial charge in [0.1, 0.15) is 5.82 Å². The molecule has 0 aliphatic carbocycles. The zero-order valence-corrected chi connectivity index (χ0v) is 16.4. The van der Waals surface area contributed by atoms with Crippen molar-refractivity contribution in [3.63, 3.8) is 0 Å². The predicted octanol–water partition coefficient (Wildman–Crippen LogP) is 2.35. The summed E-state index contributed by atoms with van der Waals surface area (Å²) in [5.41, 5.74) is 0.254. The van der Waals surface area contributed by atoms with E-state index in [0.29, 0.717) is 0 Å². The van der Waals surface area contributed by atoms with Crippen molar-refractivity contribution in [3.8, 4) is 6.07 Å². The Kier molecular flexibility index (Phi) is 7.56. The van der Waals surface area contributed by atoms with Crippen molar-refractivity contribution in [3.05, 3.63) is 35.1 Å². The molecule has 3 aliphatic rings. The lowest BCUT2D eigenvalue weighted by Gasteiger charge is -2.30. The Morgan fingerprint density at radius 2 is 1.70 bits per heavy atom. The van der Waals surface area contributed by atoms with Gasteiger partial charge in [0.15, 0.2) is 0 Å². The van der Waals surface area contributed by atoms with Crippen molar-refractivity contribution < 1.29 is 0 Å². The molecule has 0 radical (unpaired) electrons. The van der Waals surface area contributed by atoms with E-state index in [2.05, 4.69) is 42.7 Å². The van der Waals surface area contributed by atoms with Gasteiger partial charge in [-0.05, 0) is 45.3 Å². The summed E-state index contributed by atoms with van der Waals surface area (Å²) in [5, 5.41) is 9.47. The fourth-order valence-corrected chi connectivity index (χ4v) is 4.34. The molecular weight excluding hydrogens is 336 g/mol. The van der Waals surface area contributed by atoms with E-state index in [-0.39, 0.29) is 5.70 Å². The third-order valence-electron chi connectivity index (χ3n) is 5.85. The second kappa shape index (κ2) is 10.3. The van der Waals surface area contributed by atoms with Crippen molar-refractivity contribution in [2.45, 2.75) is 32.1 Å². The Morgan fingerprint density at radius 1 is 0.926 bits per heavy atom. The highest BCUT2D eigenvalue weighted by Gasteiger charge is 2.28. The number of piperidine rings is 1. The van der Waals surface area contributed by atoms with Crippen LogP contribution in [0.3, 0.4) is 0 Å². The number of nitrogens with zero attached hydrogens (tertiary/aromatic N) is 6. The average molecular weight is 369 g/mol. The van der Waals surface area contributed by atoms with Crippen LogP contribution in [-0.2, 0) is 0 Å². The molecule has 27 heavy (non-hydrogen) atoms. The smallest absolute Gasteiger partial charge is 0.300 e. The summed E-state index contributed by atoms with van der Waals surface area (Å²) in [6.07, 6.45) is 10.7. The first-order valence-electron chi connectivity index (χ1n) is 10.4. The summed E-state index contributed by atoms with van der Waals surface area (Å²) in [4.78, 5) is 13.1. The first-order chi connectivity index (χ1) is 13.3. The average Bonchev–Trinajstić information content (AvgIpc) is 3.12. The molecule has 0 aromatic rings. The van der Waals surface area contributed by atoms with Crippen molar-refractivity contribution in [2.24, 2.45) is 0 Å². The molecule has 0 unspecified atom stereocenters. The molecule has 2 saturated heterocycles. The van der Waals surface area contributed by atoms with Crippen molar-refractivity contribution in [2.75, 3.05) is 65.4 Å². The second-order valence-corrected chi connectivity index (χ2v) is 7.69. The zero-order chi connectivity index (χ0) is 18.9. The third kappa shape index (κ3) is 5.48. The maximum atomic E-state index is 9.47. The van der Waals surface area contributed by atoms with Crippen LogP contribution in [0, 0.1) is 17.9 Å². The Morgan fingerprint density at radius 3 is 2.37 bits per heavy atom. The number of nitriles is 1. The van der Waals surface area contributed by atoms with Crippen molar-refractivity contribution >= 4 is 0 Å². The molecular formula is C21H32N6. The minimum atomic E-state index is 0.254. The lowest BCUT2D eigenvalue weighted by Crippen LogP contribution is -2.36. The van der Waals surface area contributed by atoms with Crippen LogP contribution >= 0.6 is 0 Å². The number of hydrogen-bond acceptors (Lipinski definition) is 5. The van der Waals surface area contributed by atoms with E-state index in [0.717, 1.165) is 71.0 Å². The molecule has 0 N–H and O–H groups in total. The standard InChI is InChI=1S/C21H32N6/c1-23-20(19-22)21-26(14-8-13-24-9-4-2-5-10-24)17-18-27(21)16-15-25-11-6-3-7-12-25/h3,6H,2,4-5,7-18H2/b21-20+. The maximum absolute atomic E-state index is 9.47. The lowest BCUT2D eigenvalue weighted by atomic mass is 10.1. The Labute approximate surface area is 164 Å². The van der Waals surface area contributed by atoms with E-state index in [1.807, 2.05) is 0 Å². The van der Waals surface area contributed by atoms with Crippen molar-refractivity contribution in [1.29, 1.82) is 5.26 Å². The molecule has 0 spiro atoms. The topological polar surface area (TPSA) is 41.1 Å². The molecule has 3 rings (SSSR count). The summed E-state index contributed by atoms with van der Waals surface area (Å²) in [7, 11) is 0. The number of hydrogen-bond donors (Lipinski definition) is 0. The molecule has 0 aromatic carbocycles. The highest BCUT2D eigenvalue weighted by atomic mass is 15.4. The Bertz CT molecular complexity index is 604. The van der Waals surface area contributed by atoms with Gasteiger partial charge in [-0.15, -0.1) is 0 Å². The van der Waals surface area contributed by atoms with E-state index < -0.39 is 0 Å². The molecule has 146 valence electrons. The van der Waals surface area contributed by atoms with Crippen LogP contribution in [0.5, 0.6) is 0 Å². The van der Waals surface area contributed by atoms with Crippen LogP contribution in [0.25, 0.3) is 4.85 Å². The highest BCUT2D eigenvalue weighted by molar-refractivity contribution is 5.33. The summed E-state index contributed by atoms with van der Waals surface area (Å²) in [5.74, 6) is 0.874. The number of allylic oxidation sites excluding steroid dienone is 1. The van der Waals surface area contributed by atoms with E-state index >= 15 is 0 Å². The predicted molar refractivity (Wildman–Crippen MR) is 107 cm³/mol. The van der Waals surface area contributed by atoms with E-state index in [1.165, 1.54) is 32.4 Å². The molecule has 6 heteroatoms. The summed E-state index contributed by atoms with van der Waals surface area (Å²) in [6, 6.07) is 2.14. The van der Waals surface area contributed by atoms with E-state index in [9.17, 15) is 5.26 Å². The van der Waals surface area contributed by atoms with E-state index in [4.69, 9.17) is 6.57 Å². The minimum Gasteiger partial charge on any atom is -0.365 e. The first-order valence-corrected chi connectivity index (χ1v) is 10.4. The van der Waals surface area contributed by atoms with Crippen LogP contribution < -0.4 is 0 Å². The van der Waals surface area contributed by atoms with E-state index in [1.54, 1.807) is 0 Å². The molecule has 0 amide bonds. The van der Waals surface area contributed by atoms with Gasteiger partial charge in [-0.2, -0.15) is 0 Å². The molecule has 6 nitrogen and oxygen atoms in total. The van der Waals surface area contributed by atoms with Gasteiger partial charge in [0.2, 0.25) is 0 Å². The molecule has 0 bridgehead atoms. The van der Waals surface area contributed by atoms with Gasteiger partial charge in [0, 0.05) is 45.8 Å². The van der Waals surface area contributed by atoms with Crippen molar-refractivity contribution in [1.82, 2.24) is 19.6 Å². The lowest BCUT2D eigenvalue weighted by molar-refractivity contribution is 0.213. The zero-order valence-electron chi connectivity index (χ0n) is 16.4. The van der Waals surface area contributed by atoms with Gasteiger partial charge in [-0.1, -0.05) is 18.6 Å². The molecule has 0 saturated carbocycles.